The highest BCUT2D eigenvalue weighted by Gasteiger charge is 2.36. The first-order valence-electron chi connectivity index (χ1n) is 13.2. The third-order valence-electron chi connectivity index (χ3n) is 6.49. The number of carbonyl (C=O) groups is 3. The molecule has 0 spiro atoms. The molecule has 0 aromatic carbocycles. The molecule has 17 heteroatoms. The van der Waals surface area contributed by atoms with Gasteiger partial charge < -0.3 is 30.7 Å². The van der Waals surface area contributed by atoms with Crippen LogP contribution in [0.3, 0.4) is 0 Å². The number of anilines is 2. The number of aromatic nitrogens is 4. The highest BCUT2D eigenvalue weighted by Crippen LogP contribution is 2.32. The maximum atomic E-state index is 12.0. The van der Waals surface area contributed by atoms with Crippen molar-refractivity contribution in [1.29, 1.82) is 0 Å². The fourth-order valence-corrected chi connectivity index (χ4v) is 5.06. The quantitative estimate of drug-likeness (QED) is 0.214. The van der Waals surface area contributed by atoms with Gasteiger partial charge in [-0.2, -0.15) is 0 Å². The summed E-state index contributed by atoms with van der Waals surface area (Å²) in [4.78, 5) is 57.2. The van der Waals surface area contributed by atoms with Crippen molar-refractivity contribution in [3.8, 4) is 0 Å². The largest absolute Gasteiger partial charge is 0.464 e. The lowest BCUT2D eigenvalue weighted by molar-refractivity contribution is -0.148. The number of hydrogen-bond donors (Lipinski definition) is 2. The monoisotopic (exact) mass is 643 g/mol. The lowest BCUT2D eigenvalue weighted by atomic mass is 10.2. The zero-order valence-corrected chi connectivity index (χ0v) is 25.4. The molecule has 2 aromatic rings. The molecule has 2 aromatic heterocycles. The van der Waals surface area contributed by atoms with Crippen LogP contribution in [0, 0.1) is 0 Å². The molecule has 3 aliphatic rings. The topological polar surface area (TPSA) is 192 Å². The highest BCUT2D eigenvalue weighted by molar-refractivity contribution is 6.63. The average molecular weight is 645 g/mol. The number of fused-ring (bicyclic) bond motifs is 1. The Bertz CT molecular complexity index is 1300. The van der Waals surface area contributed by atoms with Crippen molar-refractivity contribution in [2.75, 3.05) is 37.8 Å². The molecule has 2 saturated heterocycles. The van der Waals surface area contributed by atoms with Gasteiger partial charge in [0.05, 0.1) is 13.2 Å². The first-order chi connectivity index (χ1) is 20.1. The molecule has 2 fully saturated rings. The second kappa shape index (κ2) is 15.7. The van der Waals surface area contributed by atoms with Crippen LogP contribution >= 0.6 is 34.8 Å². The van der Waals surface area contributed by atoms with Gasteiger partial charge in [0.15, 0.2) is 16.8 Å². The minimum atomic E-state index is -0.574. The highest BCUT2D eigenvalue weighted by atomic mass is 35.5. The second-order valence-electron chi connectivity index (χ2n) is 9.09. The summed E-state index contributed by atoms with van der Waals surface area (Å²) in [5, 5.41) is 0.0543. The molecule has 14 nitrogen and oxygen atoms in total. The van der Waals surface area contributed by atoms with Crippen LogP contribution in [-0.4, -0.2) is 91.3 Å². The van der Waals surface area contributed by atoms with E-state index in [1.54, 1.807) is 6.92 Å². The predicted octanol–water partition coefficient (Wildman–Crippen LogP) is 3.41. The van der Waals surface area contributed by atoms with Crippen LogP contribution in [-0.2, 0) is 25.5 Å². The maximum Gasteiger partial charge on any atom is 0.328 e. The van der Waals surface area contributed by atoms with E-state index in [0.29, 0.717) is 43.6 Å². The van der Waals surface area contributed by atoms with E-state index in [1.807, 2.05) is 11.8 Å². The standard InChI is InChI=1S/C13H15ClN4O2.C8H12ClNO3.C4H5ClN4/c1-2-20-13(19)9-4-3-5-18(9)10-6-8-11(14)15-7-16-12(8)17-10;1-2-13-7(11)6-4-3-5-10(6)8(9)12;5-3-2(6)4(7)9-1-8-3/h7,9H,2-6H2,1H3;6H,2-5H2,1H3;1H,6H2,(H2,7,8,9). The molecule has 42 heavy (non-hydrogen) atoms. The predicted molar refractivity (Wildman–Crippen MR) is 158 cm³/mol. The lowest BCUT2D eigenvalue weighted by Gasteiger charge is -2.24. The molecule has 5 heterocycles. The van der Waals surface area contributed by atoms with Crippen LogP contribution in [0.4, 0.5) is 22.1 Å². The van der Waals surface area contributed by atoms with Crippen molar-refractivity contribution in [3.63, 3.8) is 0 Å². The Morgan fingerprint density at radius 2 is 1.50 bits per heavy atom. The van der Waals surface area contributed by atoms with Crippen LogP contribution in [0.1, 0.15) is 45.1 Å². The normalized spacial score (nSPS) is 18.6. The van der Waals surface area contributed by atoms with E-state index in [4.69, 9.17) is 55.7 Å². The number of amidine groups is 1. The average Bonchev–Trinajstić information content (AvgIpc) is 3.72. The third-order valence-corrected chi connectivity index (χ3v) is 7.33. The van der Waals surface area contributed by atoms with Gasteiger partial charge in [-0.1, -0.05) is 23.2 Å². The number of rotatable bonds is 4. The van der Waals surface area contributed by atoms with Gasteiger partial charge in [0, 0.05) is 25.1 Å². The minimum absolute atomic E-state index is 0.180. The Hall–Kier alpha value is -3.49. The summed E-state index contributed by atoms with van der Waals surface area (Å²) in [7, 11) is 0. The molecule has 2 atom stereocenters. The zero-order valence-electron chi connectivity index (χ0n) is 23.1. The summed E-state index contributed by atoms with van der Waals surface area (Å²) < 4.78 is 9.94. The van der Waals surface area contributed by atoms with Crippen molar-refractivity contribution in [3.05, 3.63) is 28.5 Å². The van der Waals surface area contributed by atoms with Crippen molar-refractivity contribution in [1.82, 2.24) is 29.7 Å². The number of aliphatic imine (C=N–C) groups is 1. The Morgan fingerprint density at radius 1 is 0.905 bits per heavy atom. The minimum Gasteiger partial charge on any atom is -0.464 e. The molecule has 3 aliphatic heterocycles. The van der Waals surface area contributed by atoms with Crippen LogP contribution in [0.25, 0.3) is 0 Å². The number of halogens is 3. The third kappa shape index (κ3) is 8.29. The summed E-state index contributed by atoms with van der Waals surface area (Å²) in [6.45, 7) is 5.63. The SMILES string of the molecule is CCOC(=O)C1CCCN1C(=O)Cl.CCOC(=O)C1CCCN1C1=Nc2ncnc(Cl)c2C1.Nc1ncnc(Cl)c1N. The van der Waals surface area contributed by atoms with E-state index in [2.05, 4.69) is 24.9 Å². The summed E-state index contributed by atoms with van der Waals surface area (Å²) in [6, 6.07) is -0.709. The van der Waals surface area contributed by atoms with Gasteiger partial charge in [0.2, 0.25) is 0 Å². The Balaban J connectivity index is 0.000000189. The van der Waals surface area contributed by atoms with Crippen molar-refractivity contribution in [2.24, 2.45) is 4.99 Å². The Morgan fingerprint density at radius 3 is 2.10 bits per heavy atom. The smallest absolute Gasteiger partial charge is 0.328 e. The number of hydrogen-bond acceptors (Lipinski definition) is 13. The summed E-state index contributed by atoms with van der Waals surface area (Å²) in [5.74, 6) is 1.12. The van der Waals surface area contributed by atoms with Crippen molar-refractivity contribution >= 4 is 75.3 Å². The van der Waals surface area contributed by atoms with Gasteiger partial charge in [-0.3, -0.25) is 4.79 Å². The van der Waals surface area contributed by atoms with Crippen LogP contribution in [0.15, 0.2) is 17.6 Å². The van der Waals surface area contributed by atoms with Crippen molar-refractivity contribution in [2.45, 2.75) is 58.0 Å². The summed E-state index contributed by atoms with van der Waals surface area (Å²) in [6.07, 6.45) is 6.45. The zero-order chi connectivity index (χ0) is 30.8. The number of nitrogen functional groups attached to an aromatic ring is 2. The summed E-state index contributed by atoms with van der Waals surface area (Å²) >= 11 is 16.8. The molecule has 4 N–H and O–H groups in total. The molecule has 228 valence electrons. The van der Waals surface area contributed by atoms with Gasteiger partial charge >= 0.3 is 17.3 Å². The van der Waals surface area contributed by atoms with Crippen LogP contribution in [0.5, 0.6) is 0 Å². The summed E-state index contributed by atoms with van der Waals surface area (Å²) in [5.41, 5.74) is 11.6. The number of carbonyl (C=O) groups excluding carboxylic acids is 3. The van der Waals surface area contributed by atoms with Gasteiger partial charge in [0.1, 0.15) is 41.4 Å². The molecule has 2 unspecified atom stereocenters. The molecular formula is C25H32Cl3N9O5. The van der Waals surface area contributed by atoms with Gasteiger partial charge in [-0.05, 0) is 51.1 Å². The molecule has 0 aliphatic carbocycles. The van der Waals surface area contributed by atoms with Crippen molar-refractivity contribution < 1.29 is 23.9 Å². The molecule has 0 radical (unpaired) electrons. The number of likely N-dealkylation sites (tertiary alicyclic amines) is 2. The first-order valence-corrected chi connectivity index (χ1v) is 14.4. The number of amides is 1. The van der Waals surface area contributed by atoms with E-state index in [-0.39, 0.29) is 34.6 Å². The number of esters is 2. The molecule has 0 saturated carbocycles. The number of ether oxygens (including phenoxy) is 2. The van der Waals surface area contributed by atoms with Gasteiger partial charge in [-0.15, -0.1) is 0 Å². The first kappa shape index (κ1) is 33.0. The van der Waals surface area contributed by atoms with Gasteiger partial charge in [0.25, 0.3) is 0 Å². The molecular weight excluding hydrogens is 613 g/mol. The number of nitrogens with two attached hydrogens (primary N) is 2. The van der Waals surface area contributed by atoms with Crippen LogP contribution < -0.4 is 11.5 Å². The number of nitrogens with zero attached hydrogens (tertiary/aromatic N) is 7. The fraction of sp³-hybridized carbons (Fsp3) is 0.520. The van der Waals surface area contributed by atoms with E-state index >= 15 is 0 Å². The second-order valence-corrected chi connectivity index (χ2v) is 10.1. The van der Waals surface area contributed by atoms with Gasteiger partial charge in [-0.25, -0.2) is 34.5 Å². The maximum absolute atomic E-state index is 12.0. The Labute approximate surface area is 257 Å². The van der Waals surface area contributed by atoms with E-state index < -0.39 is 11.4 Å². The van der Waals surface area contributed by atoms with Crippen LogP contribution in [0.2, 0.25) is 10.3 Å². The fourth-order valence-electron chi connectivity index (χ4n) is 4.52. The lowest BCUT2D eigenvalue weighted by Crippen LogP contribution is -2.41. The van der Waals surface area contributed by atoms with E-state index in [9.17, 15) is 14.4 Å². The molecule has 0 bridgehead atoms. The molecule has 1 amide bonds. The van der Waals surface area contributed by atoms with E-state index in [1.165, 1.54) is 17.6 Å². The van der Waals surface area contributed by atoms with E-state index in [0.717, 1.165) is 37.2 Å². The Kier molecular flexibility index (Phi) is 12.3. The molecule has 5 rings (SSSR count).